The topological polar surface area (TPSA) is 111 Å². The molecule has 28 heavy (non-hydrogen) atoms. The van der Waals surface area contributed by atoms with E-state index in [1.165, 1.54) is 0 Å². The quantitative estimate of drug-likeness (QED) is 0.493. The third kappa shape index (κ3) is 3.29. The standard InChI is InChI=1S/C19H29N6PSi2/c1-27(2,3)17(28(4,5)6)26-19(14-22,15-23)18(12-20,13-21)16(24-26)25-10-8-7-9-11-25/h17H,7-11H2,1-6H3. The summed E-state index contributed by atoms with van der Waals surface area (Å²) in [6, 6.07) is 8.63. The predicted octanol–water partition coefficient (Wildman–Crippen LogP) is 4.22. The van der Waals surface area contributed by atoms with Gasteiger partial charge in [-0.15, -0.1) is 0 Å². The maximum Gasteiger partial charge on any atom is 0.237 e. The average molecular weight is 429 g/mol. The SMILES string of the molecule is C[Si](C)(C)C(P1N=C(N2CCCCC2)C(C#N)(C#N)C1(C#N)C#N)[Si](C)(C)C. The zero-order valence-electron chi connectivity index (χ0n) is 17.7. The Hall–Kier alpha value is -1.71. The van der Waals surface area contributed by atoms with Crippen LogP contribution in [0.2, 0.25) is 39.3 Å². The van der Waals surface area contributed by atoms with Gasteiger partial charge in [0.05, 0.1) is 48.5 Å². The summed E-state index contributed by atoms with van der Waals surface area (Å²) in [4.78, 5) is 2.17. The number of amidine groups is 1. The van der Waals surface area contributed by atoms with E-state index in [1.807, 2.05) is 4.90 Å². The molecule has 1 fully saturated rings. The number of hydrogen-bond donors (Lipinski definition) is 0. The fourth-order valence-electron chi connectivity index (χ4n) is 4.86. The largest absolute Gasteiger partial charge is 0.358 e. The van der Waals surface area contributed by atoms with E-state index < -0.39 is 34.8 Å². The summed E-state index contributed by atoms with van der Waals surface area (Å²) >= 11 is 0. The van der Waals surface area contributed by atoms with Crippen LogP contribution in [0.15, 0.2) is 4.76 Å². The number of nitriles is 4. The van der Waals surface area contributed by atoms with Gasteiger partial charge in [0.2, 0.25) is 10.6 Å². The van der Waals surface area contributed by atoms with E-state index in [2.05, 4.69) is 63.6 Å². The first-order valence-corrected chi connectivity index (χ1v) is 18.3. The normalized spacial score (nSPS) is 23.9. The summed E-state index contributed by atoms with van der Waals surface area (Å²) in [6.45, 7) is 15.0. The second-order valence-corrected chi connectivity index (χ2v) is 24.1. The van der Waals surface area contributed by atoms with Gasteiger partial charge in [0.25, 0.3) is 0 Å². The lowest BCUT2D eigenvalue weighted by atomic mass is 9.76. The Bertz CT molecular complexity index is 779. The molecule has 0 radical (unpaired) electrons. The van der Waals surface area contributed by atoms with Crippen LogP contribution in [0.25, 0.3) is 0 Å². The summed E-state index contributed by atoms with van der Waals surface area (Å²) in [6.07, 6.45) is 3.06. The zero-order chi connectivity index (χ0) is 21.4. The molecule has 2 heterocycles. The molecule has 0 bridgehead atoms. The molecule has 148 valence electrons. The molecule has 0 aromatic rings. The van der Waals surface area contributed by atoms with Crippen LogP contribution in [-0.2, 0) is 0 Å². The highest BCUT2D eigenvalue weighted by atomic mass is 31.1. The third-order valence-corrected chi connectivity index (χ3v) is 22.3. The van der Waals surface area contributed by atoms with Crippen molar-refractivity contribution in [2.75, 3.05) is 13.1 Å². The van der Waals surface area contributed by atoms with E-state index in [0.29, 0.717) is 5.84 Å². The third-order valence-electron chi connectivity index (χ3n) is 5.62. The van der Waals surface area contributed by atoms with Crippen molar-refractivity contribution in [2.24, 2.45) is 10.2 Å². The van der Waals surface area contributed by atoms with E-state index in [9.17, 15) is 21.0 Å². The fraction of sp³-hybridized carbons (Fsp3) is 0.737. The van der Waals surface area contributed by atoms with Gasteiger partial charge in [-0.2, -0.15) is 21.0 Å². The van der Waals surface area contributed by atoms with Crippen molar-refractivity contribution < 1.29 is 0 Å². The van der Waals surface area contributed by atoms with Gasteiger partial charge in [-0.3, -0.25) is 0 Å². The minimum atomic E-state index is -1.83. The molecule has 0 aromatic heterocycles. The molecular weight excluding hydrogens is 399 g/mol. The molecule has 0 spiro atoms. The number of rotatable bonds is 3. The van der Waals surface area contributed by atoms with E-state index in [1.54, 1.807) is 0 Å². The molecule has 0 aromatic carbocycles. The van der Waals surface area contributed by atoms with Gasteiger partial charge in [0, 0.05) is 13.1 Å². The molecule has 1 unspecified atom stereocenters. The van der Waals surface area contributed by atoms with Gasteiger partial charge < -0.3 is 4.90 Å². The van der Waals surface area contributed by atoms with Gasteiger partial charge in [0.1, 0.15) is 5.84 Å². The van der Waals surface area contributed by atoms with Crippen LogP contribution < -0.4 is 0 Å². The van der Waals surface area contributed by atoms with Gasteiger partial charge in [-0.25, -0.2) is 4.76 Å². The summed E-state index contributed by atoms with van der Waals surface area (Å²) in [7, 11) is -5.16. The summed E-state index contributed by atoms with van der Waals surface area (Å²) < 4.78 is 5.02. The van der Waals surface area contributed by atoms with Crippen LogP contribution in [-0.4, -0.2) is 50.0 Å². The highest BCUT2D eigenvalue weighted by Gasteiger charge is 2.71. The Kier molecular flexibility index (Phi) is 6.14. The molecule has 2 aliphatic rings. The molecule has 0 saturated carbocycles. The molecule has 0 N–H and O–H groups in total. The van der Waals surface area contributed by atoms with Gasteiger partial charge in [-0.1, -0.05) is 39.3 Å². The Morgan fingerprint density at radius 3 is 1.68 bits per heavy atom. The summed E-state index contributed by atoms with van der Waals surface area (Å²) in [5.74, 6) is 0.396. The van der Waals surface area contributed by atoms with Crippen LogP contribution >= 0.6 is 8.07 Å². The smallest absolute Gasteiger partial charge is 0.237 e. The molecule has 9 heteroatoms. The second-order valence-electron chi connectivity index (χ2n) is 9.86. The molecule has 0 amide bonds. The molecule has 0 aliphatic carbocycles. The predicted molar refractivity (Wildman–Crippen MR) is 118 cm³/mol. The Balaban J connectivity index is 2.82. The van der Waals surface area contributed by atoms with Gasteiger partial charge >= 0.3 is 0 Å². The van der Waals surface area contributed by atoms with E-state index in [0.717, 1.165) is 32.4 Å². The molecule has 2 aliphatic heterocycles. The highest BCUT2D eigenvalue weighted by molar-refractivity contribution is 7.66. The minimum Gasteiger partial charge on any atom is -0.358 e. The van der Waals surface area contributed by atoms with Gasteiger partial charge in [-0.05, 0) is 24.2 Å². The van der Waals surface area contributed by atoms with Crippen LogP contribution in [0.1, 0.15) is 19.3 Å². The maximum atomic E-state index is 10.3. The zero-order valence-corrected chi connectivity index (χ0v) is 20.6. The lowest BCUT2D eigenvalue weighted by molar-refractivity contribution is 0.324. The molecular formula is C19H29N6PSi2. The van der Waals surface area contributed by atoms with Crippen molar-refractivity contribution in [3.8, 4) is 24.3 Å². The summed E-state index contributed by atoms with van der Waals surface area (Å²) in [5, 5.41) is 39.2. The molecule has 2 rings (SSSR count). The molecule has 1 saturated heterocycles. The van der Waals surface area contributed by atoms with E-state index in [-0.39, 0.29) is 4.91 Å². The first-order chi connectivity index (χ1) is 12.9. The van der Waals surface area contributed by atoms with Crippen molar-refractivity contribution in [3.63, 3.8) is 0 Å². The Morgan fingerprint density at radius 2 is 1.32 bits per heavy atom. The first kappa shape index (κ1) is 22.6. The minimum absolute atomic E-state index is 0.165. The van der Waals surface area contributed by atoms with Gasteiger partial charge in [0.15, 0.2) is 0 Å². The number of hydrogen-bond acceptors (Lipinski definition) is 6. The molecule has 1 atom stereocenters. The fourth-order valence-corrected chi connectivity index (χ4v) is 24.5. The van der Waals surface area contributed by atoms with Crippen LogP contribution in [0, 0.1) is 50.7 Å². The maximum absolute atomic E-state index is 10.3. The number of piperidine rings is 1. The highest BCUT2D eigenvalue weighted by Crippen LogP contribution is 2.70. The monoisotopic (exact) mass is 428 g/mol. The lowest BCUT2D eigenvalue weighted by Crippen LogP contribution is -2.57. The lowest BCUT2D eigenvalue weighted by Gasteiger charge is -2.44. The summed E-state index contributed by atoms with van der Waals surface area (Å²) in [5.41, 5.74) is -1.81. The number of nitrogens with zero attached hydrogens (tertiary/aromatic N) is 6. The van der Waals surface area contributed by atoms with Crippen molar-refractivity contribution >= 4 is 30.1 Å². The Morgan fingerprint density at radius 1 is 0.857 bits per heavy atom. The van der Waals surface area contributed by atoms with Crippen LogP contribution in [0.3, 0.4) is 0 Å². The van der Waals surface area contributed by atoms with Crippen molar-refractivity contribution in [2.45, 2.75) is 68.6 Å². The van der Waals surface area contributed by atoms with E-state index >= 15 is 0 Å². The number of likely N-dealkylation sites (tertiary alicyclic amines) is 1. The second kappa shape index (κ2) is 7.61. The van der Waals surface area contributed by atoms with Crippen molar-refractivity contribution in [1.29, 1.82) is 21.0 Å². The van der Waals surface area contributed by atoms with Crippen LogP contribution in [0.5, 0.6) is 0 Å². The van der Waals surface area contributed by atoms with Crippen molar-refractivity contribution in [1.82, 2.24) is 4.90 Å². The average Bonchev–Trinajstić information content (AvgIpc) is 2.90. The van der Waals surface area contributed by atoms with Crippen LogP contribution in [0.4, 0.5) is 0 Å². The Labute approximate surface area is 172 Å². The van der Waals surface area contributed by atoms with Crippen molar-refractivity contribution in [3.05, 3.63) is 0 Å². The molecule has 6 nitrogen and oxygen atoms in total. The first-order valence-electron chi connectivity index (χ1n) is 9.73. The van der Waals surface area contributed by atoms with E-state index in [4.69, 9.17) is 4.76 Å².